The van der Waals surface area contributed by atoms with Crippen molar-refractivity contribution in [2.24, 2.45) is 5.73 Å². The van der Waals surface area contributed by atoms with Gasteiger partial charge in [0, 0.05) is 5.56 Å². The normalized spacial score (nSPS) is 25.2. The van der Waals surface area contributed by atoms with Gasteiger partial charge in [-0.05, 0) is 48.8 Å². The average molecular weight is 217 g/mol. The quantitative estimate of drug-likeness (QED) is 0.826. The molecule has 1 spiro atoms. The molecule has 0 heterocycles. The zero-order valence-electron chi connectivity index (χ0n) is 9.83. The molecule has 16 heavy (non-hydrogen) atoms. The highest BCUT2D eigenvalue weighted by atomic mass is 16.5. The Hall–Kier alpha value is -1.02. The fourth-order valence-electron chi connectivity index (χ4n) is 3.58. The van der Waals surface area contributed by atoms with E-state index in [1.807, 2.05) is 0 Å². The minimum Gasteiger partial charge on any atom is -0.496 e. The highest BCUT2D eigenvalue weighted by Gasteiger charge is 2.48. The van der Waals surface area contributed by atoms with Gasteiger partial charge in [0.1, 0.15) is 5.75 Å². The van der Waals surface area contributed by atoms with Crippen molar-refractivity contribution in [2.45, 2.75) is 37.0 Å². The SMILES string of the molecule is COc1cccc2c1C1(CCC1)CC2CN. The van der Waals surface area contributed by atoms with Gasteiger partial charge >= 0.3 is 0 Å². The Kier molecular flexibility index (Phi) is 2.21. The van der Waals surface area contributed by atoms with Crippen LogP contribution in [-0.4, -0.2) is 13.7 Å². The molecule has 0 saturated heterocycles. The summed E-state index contributed by atoms with van der Waals surface area (Å²) < 4.78 is 5.54. The third kappa shape index (κ3) is 1.17. The Balaban J connectivity index is 2.14. The molecule has 1 saturated carbocycles. The second-order valence-corrected chi connectivity index (χ2v) is 5.20. The molecule has 2 aliphatic rings. The number of benzene rings is 1. The Morgan fingerprint density at radius 2 is 2.25 bits per heavy atom. The molecule has 0 radical (unpaired) electrons. The van der Waals surface area contributed by atoms with Gasteiger partial charge < -0.3 is 10.5 Å². The van der Waals surface area contributed by atoms with Crippen LogP contribution in [0.5, 0.6) is 5.75 Å². The summed E-state index contributed by atoms with van der Waals surface area (Å²) in [4.78, 5) is 0. The Morgan fingerprint density at radius 1 is 1.44 bits per heavy atom. The van der Waals surface area contributed by atoms with Crippen molar-refractivity contribution in [2.75, 3.05) is 13.7 Å². The summed E-state index contributed by atoms with van der Waals surface area (Å²) in [7, 11) is 1.78. The molecule has 1 aromatic rings. The number of hydrogen-bond donors (Lipinski definition) is 1. The topological polar surface area (TPSA) is 35.2 Å². The Labute approximate surface area is 96.8 Å². The molecule has 0 bridgehead atoms. The average Bonchev–Trinajstić information content (AvgIpc) is 2.63. The second kappa shape index (κ2) is 3.49. The van der Waals surface area contributed by atoms with Gasteiger partial charge in [0.05, 0.1) is 7.11 Å². The molecule has 1 fully saturated rings. The second-order valence-electron chi connectivity index (χ2n) is 5.20. The molecular formula is C14H19NO. The third-order valence-corrected chi connectivity index (χ3v) is 4.48. The van der Waals surface area contributed by atoms with Crippen molar-refractivity contribution in [3.8, 4) is 5.75 Å². The summed E-state index contributed by atoms with van der Waals surface area (Å²) in [5, 5.41) is 0. The van der Waals surface area contributed by atoms with Crippen molar-refractivity contribution in [1.82, 2.24) is 0 Å². The lowest BCUT2D eigenvalue weighted by Crippen LogP contribution is -2.32. The highest BCUT2D eigenvalue weighted by molar-refractivity contribution is 5.52. The summed E-state index contributed by atoms with van der Waals surface area (Å²) in [6.07, 6.45) is 5.22. The van der Waals surface area contributed by atoms with Gasteiger partial charge in [-0.2, -0.15) is 0 Å². The largest absolute Gasteiger partial charge is 0.496 e. The van der Waals surface area contributed by atoms with Gasteiger partial charge in [-0.1, -0.05) is 18.6 Å². The van der Waals surface area contributed by atoms with E-state index in [2.05, 4.69) is 18.2 Å². The van der Waals surface area contributed by atoms with Gasteiger partial charge in [-0.15, -0.1) is 0 Å². The number of hydrogen-bond acceptors (Lipinski definition) is 2. The zero-order chi connectivity index (χ0) is 11.2. The van der Waals surface area contributed by atoms with E-state index in [9.17, 15) is 0 Å². The highest BCUT2D eigenvalue weighted by Crippen LogP contribution is 2.59. The minimum atomic E-state index is 0.409. The van der Waals surface area contributed by atoms with E-state index in [0.29, 0.717) is 11.3 Å². The Bertz CT molecular complexity index is 409. The predicted octanol–water partition coefficient (Wildman–Crippen LogP) is 2.56. The van der Waals surface area contributed by atoms with Crippen LogP contribution >= 0.6 is 0 Å². The van der Waals surface area contributed by atoms with Crippen LogP contribution in [0.15, 0.2) is 18.2 Å². The molecule has 0 amide bonds. The van der Waals surface area contributed by atoms with Crippen LogP contribution in [0, 0.1) is 0 Å². The summed E-state index contributed by atoms with van der Waals surface area (Å²) >= 11 is 0. The molecule has 2 N–H and O–H groups in total. The van der Waals surface area contributed by atoms with E-state index in [0.717, 1.165) is 12.3 Å². The maximum absolute atomic E-state index is 5.90. The van der Waals surface area contributed by atoms with E-state index < -0.39 is 0 Å². The van der Waals surface area contributed by atoms with Crippen LogP contribution in [0.4, 0.5) is 0 Å². The van der Waals surface area contributed by atoms with Gasteiger partial charge in [0.2, 0.25) is 0 Å². The van der Waals surface area contributed by atoms with E-state index in [1.165, 1.54) is 36.8 Å². The first-order chi connectivity index (χ1) is 7.80. The number of methoxy groups -OCH3 is 1. The van der Waals surface area contributed by atoms with Crippen molar-refractivity contribution < 1.29 is 4.74 Å². The molecule has 1 aromatic carbocycles. The molecule has 0 aromatic heterocycles. The first-order valence-corrected chi connectivity index (χ1v) is 6.18. The maximum Gasteiger partial charge on any atom is 0.122 e. The van der Waals surface area contributed by atoms with Crippen LogP contribution in [0.2, 0.25) is 0 Å². The number of nitrogens with two attached hydrogens (primary N) is 1. The fourth-order valence-corrected chi connectivity index (χ4v) is 3.58. The molecule has 2 aliphatic carbocycles. The first kappa shape index (κ1) is 10.2. The smallest absolute Gasteiger partial charge is 0.122 e. The van der Waals surface area contributed by atoms with E-state index in [1.54, 1.807) is 7.11 Å². The molecule has 86 valence electrons. The lowest BCUT2D eigenvalue weighted by Gasteiger charge is -2.40. The van der Waals surface area contributed by atoms with Crippen LogP contribution in [0.25, 0.3) is 0 Å². The summed E-state index contributed by atoms with van der Waals surface area (Å²) in [6, 6.07) is 6.43. The van der Waals surface area contributed by atoms with Gasteiger partial charge in [-0.25, -0.2) is 0 Å². The number of fused-ring (bicyclic) bond motifs is 2. The third-order valence-electron chi connectivity index (χ3n) is 4.48. The standard InChI is InChI=1S/C14H19NO/c1-16-12-5-2-4-11-10(9-15)8-14(13(11)12)6-3-7-14/h2,4-5,10H,3,6-9,15H2,1H3. The van der Waals surface area contributed by atoms with Gasteiger partial charge in [0.15, 0.2) is 0 Å². The fraction of sp³-hybridized carbons (Fsp3) is 0.571. The number of ether oxygens (including phenoxy) is 1. The molecular weight excluding hydrogens is 198 g/mol. The predicted molar refractivity (Wildman–Crippen MR) is 64.9 cm³/mol. The van der Waals surface area contributed by atoms with E-state index >= 15 is 0 Å². The lowest BCUT2D eigenvalue weighted by molar-refractivity contribution is 0.226. The summed E-state index contributed by atoms with van der Waals surface area (Å²) in [6.45, 7) is 0.766. The Morgan fingerprint density at radius 3 is 2.81 bits per heavy atom. The van der Waals surface area contributed by atoms with Crippen molar-refractivity contribution in [1.29, 1.82) is 0 Å². The maximum atomic E-state index is 5.90. The van der Waals surface area contributed by atoms with Crippen LogP contribution in [0.3, 0.4) is 0 Å². The van der Waals surface area contributed by atoms with Gasteiger partial charge in [-0.3, -0.25) is 0 Å². The molecule has 1 unspecified atom stereocenters. The molecule has 3 rings (SSSR count). The van der Waals surface area contributed by atoms with Crippen molar-refractivity contribution in [3.63, 3.8) is 0 Å². The van der Waals surface area contributed by atoms with E-state index in [4.69, 9.17) is 10.5 Å². The summed E-state index contributed by atoms with van der Waals surface area (Å²) in [5.41, 5.74) is 9.23. The summed E-state index contributed by atoms with van der Waals surface area (Å²) in [5.74, 6) is 1.62. The van der Waals surface area contributed by atoms with Crippen molar-refractivity contribution >= 4 is 0 Å². The van der Waals surface area contributed by atoms with Gasteiger partial charge in [0.25, 0.3) is 0 Å². The minimum absolute atomic E-state index is 0.409. The molecule has 2 nitrogen and oxygen atoms in total. The van der Waals surface area contributed by atoms with Crippen LogP contribution < -0.4 is 10.5 Å². The monoisotopic (exact) mass is 217 g/mol. The van der Waals surface area contributed by atoms with Crippen LogP contribution in [0.1, 0.15) is 42.7 Å². The van der Waals surface area contributed by atoms with Crippen molar-refractivity contribution in [3.05, 3.63) is 29.3 Å². The molecule has 0 aliphatic heterocycles. The van der Waals surface area contributed by atoms with Crippen LogP contribution in [-0.2, 0) is 5.41 Å². The number of rotatable bonds is 2. The lowest BCUT2D eigenvalue weighted by atomic mass is 9.64. The molecule has 1 atom stereocenters. The zero-order valence-corrected chi connectivity index (χ0v) is 9.83. The first-order valence-electron chi connectivity index (χ1n) is 6.18. The van der Waals surface area contributed by atoms with E-state index in [-0.39, 0.29) is 0 Å². The molecule has 2 heteroatoms.